The van der Waals surface area contributed by atoms with Crippen LogP contribution in [0.4, 0.5) is 19.3 Å². The molecule has 4 rings (SSSR count). The summed E-state index contributed by atoms with van der Waals surface area (Å²) in [6.45, 7) is 13.2. The number of nitrogens with one attached hydrogen (secondary N) is 1. The normalized spacial score (nSPS) is 22.5. The van der Waals surface area contributed by atoms with Gasteiger partial charge in [0, 0.05) is 37.8 Å². The van der Waals surface area contributed by atoms with E-state index in [0.29, 0.717) is 44.6 Å². The standard InChI is InChI=1S/C27H40F2N4O3/c1-25(2,3)36-24(35)32-12-8-27(9-13-32)18-33(17-23(34)30-27)22-15-20(28)19(14-21(22)29)16-31-10-6-26(4,5)7-11-31/h14-15H,6-13,16-18H2,1-5H3,(H,30,34). The lowest BCUT2D eigenvalue weighted by Gasteiger charge is -2.48. The summed E-state index contributed by atoms with van der Waals surface area (Å²) < 4.78 is 35.9. The first kappa shape index (κ1) is 26.6. The Hall–Kier alpha value is -2.42. The molecule has 0 atom stereocenters. The van der Waals surface area contributed by atoms with Gasteiger partial charge in [-0.15, -0.1) is 0 Å². The largest absolute Gasteiger partial charge is 0.444 e. The maximum atomic E-state index is 15.3. The number of nitrogens with zero attached hydrogens (tertiary/aromatic N) is 3. The number of ether oxygens (including phenoxy) is 1. The fourth-order valence-electron chi connectivity index (χ4n) is 5.37. The van der Waals surface area contributed by atoms with Gasteiger partial charge >= 0.3 is 6.09 Å². The van der Waals surface area contributed by atoms with Crippen LogP contribution < -0.4 is 10.2 Å². The van der Waals surface area contributed by atoms with Crippen LogP contribution in [0.1, 0.15) is 65.9 Å². The zero-order valence-corrected chi connectivity index (χ0v) is 22.3. The first-order valence-corrected chi connectivity index (χ1v) is 13.0. The minimum absolute atomic E-state index is 0.0333. The van der Waals surface area contributed by atoms with Gasteiger partial charge in [0.25, 0.3) is 0 Å². The predicted molar refractivity (Wildman–Crippen MR) is 135 cm³/mol. The van der Waals surface area contributed by atoms with E-state index < -0.39 is 22.8 Å². The smallest absolute Gasteiger partial charge is 0.410 e. The zero-order valence-electron chi connectivity index (χ0n) is 22.3. The molecule has 2 amide bonds. The molecule has 9 heteroatoms. The molecule has 1 aromatic rings. The second-order valence-electron chi connectivity index (χ2n) is 12.5. The number of benzene rings is 1. The SMILES string of the molecule is CC1(C)CCN(Cc2cc(F)c(N3CC(=O)NC4(CCN(C(=O)OC(C)(C)C)CC4)C3)cc2F)CC1. The number of carbonyl (C=O) groups excluding carboxylic acids is 2. The molecule has 3 saturated heterocycles. The summed E-state index contributed by atoms with van der Waals surface area (Å²) in [7, 11) is 0. The van der Waals surface area contributed by atoms with Crippen LogP contribution in [0.15, 0.2) is 12.1 Å². The molecule has 3 heterocycles. The second kappa shape index (κ2) is 9.80. The fourth-order valence-corrected chi connectivity index (χ4v) is 5.37. The third-order valence-electron chi connectivity index (χ3n) is 7.66. The highest BCUT2D eigenvalue weighted by molar-refractivity contribution is 5.84. The maximum Gasteiger partial charge on any atom is 0.410 e. The van der Waals surface area contributed by atoms with Gasteiger partial charge in [-0.1, -0.05) is 13.8 Å². The van der Waals surface area contributed by atoms with Gasteiger partial charge in [0.05, 0.1) is 17.8 Å². The summed E-state index contributed by atoms with van der Waals surface area (Å²) in [5, 5.41) is 3.06. The van der Waals surface area contributed by atoms with E-state index in [0.717, 1.165) is 25.9 Å². The number of rotatable bonds is 3. The van der Waals surface area contributed by atoms with Gasteiger partial charge in [0.15, 0.2) is 0 Å². The van der Waals surface area contributed by atoms with Gasteiger partial charge in [0.2, 0.25) is 5.91 Å². The summed E-state index contributed by atoms with van der Waals surface area (Å²) in [5.41, 5.74) is -0.438. The van der Waals surface area contributed by atoms with Crippen molar-refractivity contribution < 1.29 is 23.1 Å². The highest BCUT2D eigenvalue weighted by Crippen LogP contribution is 2.33. The number of hydrogen-bond acceptors (Lipinski definition) is 5. The molecule has 3 aliphatic rings. The molecule has 0 unspecified atom stereocenters. The van der Waals surface area contributed by atoms with Crippen LogP contribution in [0.25, 0.3) is 0 Å². The molecule has 200 valence electrons. The summed E-state index contributed by atoms with van der Waals surface area (Å²) in [5.74, 6) is -1.19. The minimum Gasteiger partial charge on any atom is -0.444 e. The van der Waals surface area contributed by atoms with E-state index in [1.165, 1.54) is 12.1 Å². The molecule has 0 aliphatic carbocycles. The van der Waals surface area contributed by atoms with E-state index in [-0.39, 0.29) is 29.6 Å². The fraction of sp³-hybridized carbons (Fsp3) is 0.704. The van der Waals surface area contributed by atoms with Crippen molar-refractivity contribution in [3.05, 3.63) is 29.3 Å². The molecule has 1 spiro atoms. The number of carbonyl (C=O) groups is 2. The van der Waals surface area contributed by atoms with E-state index in [4.69, 9.17) is 4.74 Å². The predicted octanol–water partition coefficient (Wildman–Crippen LogP) is 4.29. The lowest BCUT2D eigenvalue weighted by molar-refractivity contribution is -0.123. The lowest BCUT2D eigenvalue weighted by Crippen LogP contribution is -2.66. The van der Waals surface area contributed by atoms with Crippen LogP contribution in [-0.4, -0.2) is 72.2 Å². The molecular weight excluding hydrogens is 466 g/mol. The Morgan fingerprint density at radius 2 is 1.67 bits per heavy atom. The van der Waals surface area contributed by atoms with Crippen LogP contribution in [-0.2, 0) is 16.1 Å². The van der Waals surface area contributed by atoms with Gasteiger partial charge in [0.1, 0.15) is 17.2 Å². The zero-order chi connectivity index (χ0) is 26.3. The van der Waals surface area contributed by atoms with E-state index in [9.17, 15) is 9.59 Å². The van der Waals surface area contributed by atoms with E-state index >= 15 is 8.78 Å². The molecule has 0 radical (unpaired) electrons. The number of halogens is 2. The molecule has 0 aromatic heterocycles. The number of hydrogen-bond donors (Lipinski definition) is 1. The molecule has 1 aromatic carbocycles. The average molecular weight is 507 g/mol. The molecule has 0 saturated carbocycles. The highest BCUT2D eigenvalue weighted by atomic mass is 19.1. The van der Waals surface area contributed by atoms with Gasteiger partial charge in [-0.2, -0.15) is 0 Å². The van der Waals surface area contributed by atoms with Crippen molar-refractivity contribution in [3.63, 3.8) is 0 Å². The Morgan fingerprint density at radius 3 is 2.28 bits per heavy atom. The van der Waals surface area contributed by atoms with Crippen LogP contribution >= 0.6 is 0 Å². The quantitative estimate of drug-likeness (QED) is 0.663. The van der Waals surface area contributed by atoms with Crippen molar-refractivity contribution in [2.75, 3.05) is 44.2 Å². The minimum atomic E-state index is -0.601. The van der Waals surface area contributed by atoms with Gasteiger partial charge in [-0.25, -0.2) is 13.6 Å². The Morgan fingerprint density at radius 1 is 1.03 bits per heavy atom. The third-order valence-corrected chi connectivity index (χ3v) is 7.66. The molecule has 36 heavy (non-hydrogen) atoms. The number of amides is 2. The summed E-state index contributed by atoms with van der Waals surface area (Å²) in [4.78, 5) is 30.5. The Balaban J connectivity index is 1.43. The summed E-state index contributed by atoms with van der Waals surface area (Å²) >= 11 is 0. The van der Waals surface area contributed by atoms with Gasteiger partial charge in [-0.05, 0) is 71.0 Å². The van der Waals surface area contributed by atoms with Gasteiger partial charge < -0.3 is 19.9 Å². The van der Waals surface area contributed by atoms with Crippen LogP contribution in [0.3, 0.4) is 0 Å². The van der Waals surface area contributed by atoms with E-state index in [2.05, 4.69) is 24.1 Å². The molecular formula is C27H40F2N4O3. The van der Waals surface area contributed by atoms with Crippen molar-refractivity contribution in [1.82, 2.24) is 15.1 Å². The van der Waals surface area contributed by atoms with Gasteiger partial charge in [-0.3, -0.25) is 9.69 Å². The average Bonchev–Trinajstić information content (AvgIpc) is 2.76. The molecule has 3 aliphatic heterocycles. The number of piperazine rings is 1. The lowest BCUT2D eigenvalue weighted by atomic mass is 9.82. The molecule has 0 bridgehead atoms. The van der Waals surface area contributed by atoms with E-state index in [1.54, 1.807) is 9.80 Å². The van der Waals surface area contributed by atoms with Crippen LogP contribution in [0, 0.1) is 17.0 Å². The first-order chi connectivity index (χ1) is 16.7. The Bertz CT molecular complexity index is 989. The molecule has 1 N–H and O–H groups in total. The maximum absolute atomic E-state index is 15.3. The third kappa shape index (κ3) is 6.28. The summed E-state index contributed by atoms with van der Waals surface area (Å²) in [6, 6.07) is 2.52. The van der Waals surface area contributed by atoms with Crippen molar-refractivity contribution in [1.29, 1.82) is 0 Å². The van der Waals surface area contributed by atoms with Crippen molar-refractivity contribution in [3.8, 4) is 0 Å². The van der Waals surface area contributed by atoms with Crippen LogP contribution in [0.2, 0.25) is 0 Å². The topological polar surface area (TPSA) is 65.1 Å². The second-order valence-corrected chi connectivity index (χ2v) is 12.5. The van der Waals surface area contributed by atoms with Crippen LogP contribution in [0.5, 0.6) is 0 Å². The van der Waals surface area contributed by atoms with Crippen molar-refractivity contribution >= 4 is 17.7 Å². The number of anilines is 1. The van der Waals surface area contributed by atoms with Crippen molar-refractivity contribution in [2.24, 2.45) is 5.41 Å². The Kier molecular flexibility index (Phi) is 7.25. The van der Waals surface area contributed by atoms with E-state index in [1.807, 2.05) is 20.8 Å². The highest BCUT2D eigenvalue weighted by Gasteiger charge is 2.43. The number of piperidine rings is 2. The molecule has 3 fully saturated rings. The Labute approximate surface area is 213 Å². The number of likely N-dealkylation sites (tertiary alicyclic amines) is 2. The van der Waals surface area contributed by atoms with Crippen molar-refractivity contribution in [2.45, 2.75) is 78.0 Å². The summed E-state index contributed by atoms with van der Waals surface area (Å²) in [6.07, 6.45) is 2.72. The molecule has 7 nitrogen and oxygen atoms in total. The monoisotopic (exact) mass is 506 g/mol. The first-order valence-electron chi connectivity index (χ1n) is 13.0.